The fourth-order valence-corrected chi connectivity index (χ4v) is 1.84. The minimum atomic E-state index is -2.98. The summed E-state index contributed by atoms with van der Waals surface area (Å²) in [6, 6.07) is 7.73. The SMILES string of the molecule is NC1(F)C=C(C(=O)C(O)c2ccccc2)C(F)=CC1F. The molecule has 0 aromatic heterocycles. The van der Waals surface area contributed by atoms with Gasteiger partial charge in [0.15, 0.2) is 12.0 Å². The average Bonchev–Trinajstić information content (AvgIpc) is 2.42. The molecule has 3 unspecified atom stereocenters. The second-order valence-corrected chi connectivity index (χ2v) is 4.48. The number of nitrogens with two attached hydrogens (primary N) is 1. The number of hydrogen-bond acceptors (Lipinski definition) is 3. The molecule has 106 valence electrons. The lowest BCUT2D eigenvalue weighted by Gasteiger charge is -2.24. The van der Waals surface area contributed by atoms with Crippen LogP contribution in [0.25, 0.3) is 0 Å². The van der Waals surface area contributed by atoms with E-state index in [2.05, 4.69) is 0 Å². The average molecular weight is 283 g/mol. The number of carbonyl (C=O) groups is 1. The first-order valence-corrected chi connectivity index (χ1v) is 5.82. The van der Waals surface area contributed by atoms with Crippen molar-refractivity contribution in [2.24, 2.45) is 5.73 Å². The predicted octanol–water partition coefficient (Wildman–Crippen LogP) is 2.05. The molecule has 0 bridgehead atoms. The summed E-state index contributed by atoms with van der Waals surface area (Å²) in [4.78, 5) is 12.0. The summed E-state index contributed by atoms with van der Waals surface area (Å²) in [6.45, 7) is 0. The first-order valence-electron chi connectivity index (χ1n) is 5.82. The minimum absolute atomic E-state index is 0.218. The van der Waals surface area contributed by atoms with Crippen LogP contribution in [0.4, 0.5) is 13.2 Å². The van der Waals surface area contributed by atoms with E-state index in [1.165, 1.54) is 12.1 Å². The Balaban J connectivity index is 2.32. The van der Waals surface area contributed by atoms with Gasteiger partial charge in [-0.1, -0.05) is 30.3 Å². The topological polar surface area (TPSA) is 63.3 Å². The summed E-state index contributed by atoms with van der Waals surface area (Å²) in [5.74, 6) is -5.29. The molecular formula is C14H12F3NO2. The van der Waals surface area contributed by atoms with Gasteiger partial charge in [-0.25, -0.2) is 13.2 Å². The van der Waals surface area contributed by atoms with Crippen molar-refractivity contribution < 1.29 is 23.1 Å². The molecule has 0 heterocycles. The Labute approximate surface area is 113 Å². The monoisotopic (exact) mass is 283 g/mol. The van der Waals surface area contributed by atoms with Crippen molar-refractivity contribution in [1.29, 1.82) is 0 Å². The van der Waals surface area contributed by atoms with Crippen LogP contribution in [0.15, 0.2) is 53.9 Å². The molecule has 0 spiro atoms. The van der Waals surface area contributed by atoms with Crippen molar-refractivity contribution in [2.75, 3.05) is 0 Å². The molecule has 0 aliphatic heterocycles. The molecule has 20 heavy (non-hydrogen) atoms. The van der Waals surface area contributed by atoms with Crippen molar-refractivity contribution in [2.45, 2.75) is 18.1 Å². The smallest absolute Gasteiger partial charge is 0.214 e. The van der Waals surface area contributed by atoms with Crippen LogP contribution in [0.2, 0.25) is 0 Å². The molecule has 3 atom stereocenters. The number of alkyl halides is 2. The lowest BCUT2D eigenvalue weighted by atomic mass is 9.92. The van der Waals surface area contributed by atoms with E-state index in [1.54, 1.807) is 18.2 Å². The molecule has 1 aliphatic carbocycles. The molecule has 0 radical (unpaired) electrons. The first-order chi connectivity index (χ1) is 9.33. The highest BCUT2D eigenvalue weighted by Gasteiger charge is 2.39. The highest BCUT2D eigenvalue weighted by atomic mass is 19.2. The van der Waals surface area contributed by atoms with Crippen molar-refractivity contribution in [3.63, 3.8) is 0 Å². The zero-order valence-electron chi connectivity index (χ0n) is 10.3. The molecule has 1 aromatic carbocycles. The van der Waals surface area contributed by atoms with Gasteiger partial charge in [0.2, 0.25) is 5.79 Å². The Kier molecular flexibility index (Phi) is 3.78. The number of hydrogen-bond donors (Lipinski definition) is 2. The van der Waals surface area contributed by atoms with E-state index >= 15 is 0 Å². The third-order valence-corrected chi connectivity index (χ3v) is 2.97. The van der Waals surface area contributed by atoms with Crippen molar-refractivity contribution in [3.05, 3.63) is 59.4 Å². The Hall–Kier alpha value is -1.92. The molecule has 3 N–H and O–H groups in total. The molecule has 0 fully saturated rings. The van der Waals surface area contributed by atoms with E-state index < -0.39 is 35.3 Å². The van der Waals surface area contributed by atoms with E-state index in [9.17, 15) is 23.1 Å². The fourth-order valence-electron chi connectivity index (χ4n) is 1.84. The van der Waals surface area contributed by atoms with Crippen molar-refractivity contribution in [1.82, 2.24) is 0 Å². The van der Waals surface area contributed by atoms with Gasteiger partial charge < -0.3 is 5.11 Å². The maximum absolute atomic E-state index is 13.6. The van der Waals surface area contributed by atoms with E-state index in [4.69, 9.17) is 5.73 Å². The molecular weight excluding hydrogens is 271 g/mol. The van der Waals surface area contributed by atoms with Crippen LogP contribution in [0.3, 0.4) is 0 Å². The number of halogens is 3. The van der Waals surface area contributed by atoms with Crippen LogP contribution in [0.1, 0.15) is 11.7 Å². The largest absolute Gasteiger partial charge is 0.380 e. The van der Waals surface area contributed by atoms with Gasteiger partial charge in [0.05, 0.1) is 5.57 Å². The first kappa shape index (κ1) is 14.5. The summed E-state index contributed by atoms with van der Waals surface area (Å²) in [7, 11) is 0. The quantitative estimate of drug-likeness (QED) is 0.834. The highest BCUT2D eigenvalue weighted by Crippen LogP contribution is 2.32. The summed E-state index contributed by atoms with van der Waals surface area (Å²) < 4.78 is 40.3. The van der Waals surface area contributed by atoms with Crippen LogP contribution in [0.5, 0.6) is 0 Å². The third-order valence-electron chi connectivity index (χ3n) is 2.97. The third kappa shape index (κ3) is 2.66. The highest BCUT2D eigenvalue weighted by molar-refractivity contribution is 6.02. The van der Waals surface area contributed by atoms with Gasteiger partial charge in [-0.15, -0.1) is 0 Å². The molecule has 2 rings (SSSR count). The zero-order valence-corrected chi connectivity index (χ0v) is 10.3. The Morgan fingerprint density at radius 3 is 2.55 bits per heavy atom. The van der Waals surface area contributed by atoms with E-state index in [-0.39, 0.29) is 11.6 Å². The summed E-state index contributed by atoms with van der Waals surface area (Å²) in [6.07, 6.45) is -3.41. The molecule has 3 nitrogen and oxygen atoms in total. The van der Waals surface area contributed by atoms with Crippen molar-refractivity contribution >= 4 is 5.78 Å². The van der Waals surface area contributed by atoms with Gasteiger partial charge in [-0.2, -0.15) is 0 Å². The fraction of sp³-hybridized carbons (Fsp3) is 0.214. The number of Topliss-reactive ketones (excluding diaryl/α,β-unsaturated/α-hetero) is 1. The number of ketones is 1. The van der Waals surface area contributed by atoms with Crippen LogP contribution in [-0.2, 0) is 4.79 Å². The van der Waals surface area contributed by atoms with Gasteiger partial charge in [0.1, 0.15) is 11.9 Å². The van der Waals surface area contributed by atoms with Crippen LogP contribution in [0, 0.1) is 0 Å². The summed E-state index contributed by atoms with van der Waals surface area (Å²) in [5, 5.41) is 9.85. The molecule has 1 aliphatic rings. The number of aliphatic hydroxyl groups excluding tert-OH is 1. The van der Waals surface area contributed by atoms with E-state index in [0.717, 1.165) is 0 Å². The summed E-state index contributed by atoms with van der Waals surface area (Å²) in [5.41, 5.74) is 4.44. The number of aliphatic hydroxyl groups is 1. The standard InChI is InChI=1S/C14H12F3NO2/c15-10-6-11(16)14(17,18)7-9(10)13(20)12(19)8-4-2-1-3-5-8/h1-7,11-12,19H,18H2. The molecule has 0 saturated heterocycles. The second kappa shape index (κ2) is 5.22. The second-order valence-electron chi connectivity index (χ2n) is 4.48. The number of allylic oxidation sites excluding steroid dienone is 1. The normalized spacial score (nSPS) is 27.6. The van der Waals surface area contributed by atoms with Gasteiger partial charge in [-0.05, 0) is 17.7 Å². The van der Waals surface area contributed by atoms with Crippen LogP contribution in [-0.4, -0.2) is 22.9 Å². The van der Waals surface area contributed by atoms with Gasteiger partial charge >= 0.3 is 0 Å². The Morgan fingerprint density at radius 1 is 1.35 bits per heavy atom. The Bertz CT molecular complexity index is 581. The van der Waals surface area contributed by atoms with E-state index in [0.29, 0.717) is 6.08 Å². The number of rotatable bonds is 3. The van der Waals surface area contributed by atoms with Gasteiger partial charge in [0, 0.05) is 0 Å². The minimum Gasteiger partial charge on any atom is -0.380 e. The Morgan fingerprint density at radius 2 is 1.95 bits per heavy atom. The lowest BCUT2D eigenvalue weighted by Crippen LogP contribution is -2.44. The lowest BCUT2D eigenvalue weighted by molar-refractivity contribution is -0.123. The molecule has 0 saturated carbocycles. The van der Waals surface area contributed by atoms with Gasteiger partial charge in [-0.3, -0.25) is 10.5 Å². The summed E-state index contributed by atoms with van der Waals surface area (Å²) >= 11 is 0. The molecule has 0 amide bonds. The van der Waals surface area contributed by atoms with E-state index in [1.807, 2.05) is 0 Å². The number of benzene rings is 1. The maximum atomic E-state index is 13.6. The van der Waals surface area contributed by atoms with Crippen LogP contribution < -0.4 is 5.73 Å². The van der Waals surface area contributed by atoms with Crippen LogP contribution >= 0.6 is 0 Å². The maximum Gasteiger partial charge on any atom is 0.214 e. The van der Waals surface area contributed by atoms with Crippen molar-refractivity contribution in [3.8, 4) is 0 Å². The van der Waals surface area contributed by atoms with Gasteiger partial charge in [0.25, 0.3) is 0 Å². The number of carbonyl (C=O) groups excluding carboxylic acids is 1. The zero-order chi connectivity index (χ0) is 14.9. The molecule has 6 heteroatoms. The molecule has 1 aromatic rings. The predicted molar refractivity (Wildman–Crippen MR) is 66.6 cm³/mol.